The Morgan fingerprint density at radius 3 is 2.68 bits per heavy atom. The van der Waals surface area contributed by atoms with Gasteiger partial charge in [0.2, 0.25) is 0 Å². The number of halogens is 1. The summed E-state index contributed by atoms with van der Waals surface area (Å²) in [5.74, 6) is -0.986. The number of aryl methyl sites for hydroxylation is 1. The first kappa shape index (κ1) is 14.1. The number of carbonyl (C=O) groups is 2. The zero-order chi connectivity index (χ0) is 14.0. The summed E-state index contributed by atoms with van der Waals surface area (Å²) in [5.41, 5.74) is 1.83. The molecule has 1 aromatic carbocycles. The van der Waals surface area contributed by atoms with Gasteiger partial charge in [0.15, 0.2) is 0 Å². The van der Waals surface area contributed by atoms with Crippen LogP contribution in [-0.4, -0.2) is 34.6 Å². The third kappa shape index (κ3) is 3.82. The topological polar surface area (TPSA) is 69.6 Å². The fraction of sp³-hybridized carbons (Fsp3) is 0.385. The third-order valence-electron chi connectivity index (χ3n) is 2.98. The van der Waals surface area contributed by atoms with Crippen LogP contribution < -0.4 is 5.32 Å². The number of rotatable bonds is 4. The predicted molar refractivity (Wildman–Crippen MR) is 80.3 cm³/mol. The molecule has 0 aromatic heterocycles. The van der Waals surface area contributed by atoms with Crippen LogP contribution in [0, 0.1) is 10.5 Å². The zero-order valence-corrected chi connectivity index (χ0v) is 12.7. The molecule has 1 aromatic rings. The fourth-order valence-electron chi connectivity index (χ4n) is 1.76. The lowest BCUT2D eigenvalue weighted by Crippen LogP contribution is -2.40. The first-order chi connectivity index (χ1) is 8.97. The number of carboxylic acids is 1. The van der Waals surface area contributed by atoms with Gasteiger partial charge >= 0.3 is 12.0 Å². The predicted octanol–water partition coefficient (Wildman–Crippen LogP) is 2.68. The number of carbonyl (C=O) groups excluding carboxylic acids is 1. The summed E-state index contributed by atoms with van der Waals surface area (Å²) in [6.45, 7) is 1.74. The Labute approximate surface area is 125 Å². The Morgan fingerprint density at radius 1 is 1.47 bits per heavy atom. The number of benzene rings is 1. The molecule has 0 atom stereocenters. The van der Waals surface area contributed by atoms with Gasteiger partial charge in [0.05, 0.1) is 0 Å². The van der Waals surface area contributed by atoms with Gasteiger partial charge in [0.1, 0.15) is 6.54 Å². The normalized spacial score (nSPS) is 14.0. The SMILES string of the molecule is Cc1ccc(NC(=O)N(CC(=O)O)C2CC2)cc1I. The molecule has 1 aliphatic carbocycles. The second kappa shape index (κ2) is 5.77. The molecular weight excluding hydrogens is 359 g/mol. The second-order valence-corrected chi connectivity index (χ2v) is 5.81. The van der Waals surface area contributed by atoms with E-state index < -0.39 is 5.97 Å². The van der Waals surface area contributed by atoms with E-state index in [-0.39, 0.29) is 18.6 Å². The van der Waals surface area contributed by atoms with Gasteiger partial charge in [-0.05, 0) is 60.1 Å². The van der Waals surface area contributed by atoms with Crippen molar-refractivity contribution < 1.29 is 14.7 Å². The van der Waals surface area contributed by atoms with Gasteiger partial charge < -0.3 is 15.3 Å². The van der Waals surface area contributed by atoms with Crippen molar-refractivity contribution in [3.63, 3.8) is 0 Å². The van der Waals surface area contributed by atoms with Crippen LogP contribution in [0.4, 0.5) is 10.5 Å². The second-order valence-electron chi connectivity index (χ2n) is 4.65. The number of aliphatic carboxylic acids is 1. The monoisotopic (exact) mass is 374 g/mol. The van der Waals surface area contributed by atoms with Crippen LogP contribution in [0.15, 0.2) is 18.2 Å². The van der Waals surface area contributed by atoms with Crippen molar-refractivity contribution in [2.75, 3.05) is 11.9 Å². The average molecular weight is 374 g/mol. The Hall–Kier alpha value is -1.31. The molecule has 2 amide bonds. The van der Waals surface area contributed by atoms with E-state index in [0.717, 1.165) is 22.0 Å². The first-order valence-electron chi connectivity index (χ1n) is 6.03. The van der Waals surface area contributed by atoms with Crippen LogP contribution in [0.5, 0.6) is 0 Å². The van der Waals surface area contributed by atoms with Gasteiger partial charge in [0.25, 0.3) is 0 Å². The molecule has 0 saturated heterocycles. The van der Waals surface area contributed by atoms with Crippen molar-refractivity contribution in [1.29, 1.82) is 0 Å². The lowest BCUT2D eigenvalue weighted by atomic mass is 10.2. The lowest BCUT2D eigenvalue weighted by molar-refractivity contribution is -0.137. The van der Waals surface area contributed by atoms with Crippen molar-refractivity contribution >= 4 is 40.3 Å². The maximum absolute atomic E-state index is 12.1. The van der Waals surface area contributed by atoms with E-state index in [1.54, 1.807) is 0 Å². The van der Waals surface area contributed by atoms with Gasteiger partial charge in [-0.2, -0.15) is 0 Å². The van der Waals surface area contributed by atoms with Gasteiger partial charge in [-0.15, -0.1) is 0 Å². The quantitative estimate of drug-likeness (QED) is 0.797. The van der Waals surface area contributed by atoms with E-state index in [9.17, 15) is 9.59 Å². The molecule has 0 radical (unpaired) electrons. The highest BCUT2D eigenvalue weighted by Crippen LogP contribution is 2.27. The largest absolute Gasteiger partial charge is 0.480 e. The van der Waals surface area contributed by atoms with Gasteiger partial charge in [0, 0.05) is 15.3 Å². The van der Waals surface area contributed by atoms with Crippen LogP contribution >= 0.6 is 22.6 Å². The summed E-state index contributed by atoms with van der Waals surface area (Å²) in [5, 5.41) is 11.6. The van der Waals surface area contributed by atoms with Crippen LogP contribution in [0.2, 0.25) is 0 Å². The molecule has 0 spiro atoms. The van der Waals surface area contributed by atoms with Crippen molar-refractivity contribution in [2.24, 2.45) is 0 Å². The number of hydrogen-bond donors (Lipinski definition) is 2. The highest BCUT2D eigenvalue weighted by atomic mass is 127. The highest BCUT2D eigenvalue weighted by molar-refractivity contribution is 14.1. The summed E-state index contributed by atoms with van der Waals surface area (Å²) in [6.07, 6.45) is 1.76. The van der Waals surface area contributed by atoms with E-state index in [4.69, 9.17) is 5.11 Å². The summed E-state index contributed by atoms with van der Waals surface area (Å²) < 4.78 is 1.06. The molecule has 1 aliphatic rings. The lowest BCUT2D eigenvalue weighted by Gasteiger charge is -2.20. The summed E-state index contributed by atoms with van der Waals surface area (Å²) in [4.78, 5) is 24.2. The molecule has 0 unspecified atom stereocenters. The number of nitrogens with one attached hydrogen (secondary N) is 1. The van der Waals surface area contributed by atoms with Crippen molar-refractivity contribution in [2.45, 2.75) is 25.8 Å². The smallest absolute Gasteiger partial charge is 0.323 e. The van der Waals surface area contributed by atoms with E-state index >= 15 is 0 Å². The number of hydrogen-bond acceptors (Lipinski definition) is 2. The molecular formula is C13H15IN2O3. The minimum absolute atomic E-state index is 0.0700. The number of nitrogens with zero attached hydrogens (tertiary/aromatic N) is 1. The summed E-state index contributed by atoms with van der Waals surface area (Å²) in [7, 11) is 0. The molecule has 0 bridgehead atoms. The van der Waals surface area contributed by atoms with Crippen LogP contribution in [0.25, 0.3) is 0 Å². The van der Waals surface area contributed by atoms with Crippen LogP contribution in [-0.2, 0) is 4.79 Å². The van der Waals surface area contributed by atoms with Crippen LogP contribution in [0.1, 0.15) is 18.4 Å². The van der Waals surface area contributed by atoms with Crippen molar-refractivity contribution in [1.82, 2.24) is 4.90 Å². The molecule has 1 fully saturated rings. The Balaban J connectivity index is 2.05. The van der Waals surface area contributed by atoms with E-state index in [2.05, 4.69) is 27.9 Å². The van der Waals surface area contributed by atoms with Gasteiger partial charge in [-0.25, -0.2) is 4.79 Å². The van der Waals surface area contributed by atoms with E-state index in [1.165, 1.54) is 4.90 Å². The van der Waals surface area contributed by atoms with Crippen molar-refractivity contribution in [3.05, 3.63) is 27.3 Å². The Morgan fingerprint density at radius 2 is 2.16 bits per heavy atom. The number of carboxylic acid groups (broad SMARTS) is 1. The summed E-state index contributed by atoms with van der Waals surface area (Å²) >= 11 is 2.20. The average Bonchev–Trinajstić information content (AvgIpc) is 3.14. The standard InChI is InChI=1S/C13H15IN2O3/c1-8-2-3-9(6-11(8)14)15-13(19)16(7-12(17)18)10-4-5-10/h2-3,6,10H,4-5,7H2,1H3,(H,15,19)(H,17,18). The maximum Gasteiger partial charge on any atom is 0.323 e. The highest BCUT2D eigenvalue weighted by Gasteiger charge is 2.33. The molecule has 102 valence electrons. The minimum Gasteiger partial charge on any atom is -0.480 e. The maximum atomic E-state index is 12.1. The molecule has 0 heterocycles. The molecule has 2 N–H and O–H groups in total. The Kier molecular flexibility index (Phi) is 4.28. The zero-order valence-electron chi connectivity index (χ0n) is 10.5. The first-order valence-corrected chi connectivity index (χ1v) is 7.11. The molecule has 5 nitrogen and oxygen atoms in total. The molecule has 0 aliphatic heterocycles. The molecule has 2 rings (SSSR count). The van der Waals surface area contributed by atoms with Gasteiger partial charge in [-0.3, -0.25) is 4.79 Å². The Bertz CT molecular complexity index is 515. The molecule has 19 heavy (non-hydrogen) atoms. The van der Waals surface area contributed by atoms with Crippen LogP contribution in [0.3, 0.4) is 0 Å². The molecule has 1 saturated carbocycles. The summed E-state index contributed by atoms with van der Waals surface area (Å²) in [6, 6.07) is 5.35. The molecule has 6 heteroatoms. The van der Waals surface area contributed by atoms with Crippen molar-refractivity contribution in [3.8, 4) is 0 Å². The number of urea groups is 1. The van der Waals surface area contributed by atoms with E-state index in [1.807, 2.05) is 25.1 Å². The minimum atomic E-state index is -0.986. The van der Waals surface area contributed by atoms with Gasteiger partial charge in [-0.1, -0.05) is 6.07 Å². The van der Waals surface area contributed by atoms with E-state index in [0.29, 0.717) is 5.69 Å². The fourth-order valence-corrected chi connectivity index (χ4v) is 2.28. The third-order valence-corrected chi connectivity index (χ3v) is 4.14. The number of anilines is 1. The number of amides is 2.